The van der Waals surface area contributed by atoms with E-state index in [4.69, 9.17) is 0 Å². The molecule has 0 bridgehead atoms. The zero-order chi connectivity index (χ0) is 33.8. The maximum absolute atomic E-state index is 2.45. The molecule has 2 aliphatic carbocycles. The molecular formula is C50H38. The Morgan fingerprint density at radius 1 is 0.300 bits per heavy atom. The summed E-state index contributed by atoms with van der Waals surface area (Å²) in [5.74, 6) is 0. The summed E-state index contributed by atoms with van der Waals surface area (Å²) in [5, 5.41) is 5.12. The summed E-state index contributed by atoms with van der Waals surface area (Å²) in [5.41, 5.74) is 18.5. The highest BCUT2D eigenvalue weighted by atomic mass is 14.4. The fraction of sp³-hybridized carbons (Fsp3) is 0.120. The molecular weight excluding hydrogens is 601 g/mol. The van der Waals surface area contributed by atoms with Gasteiger partial charge in [0, 0.05) is 10.8 Å². The van der Waals surface area contributed by atoms with E-state index in [1.807, 2.05) is 0 Å². The highest BCUT2D eigenvalue weighted by Crippen LogP contribution is 2.54. The van der Waals surface area contributed by atoms with Gasteiger partial charge in [-0.2, -0.15) is 0 Å². The predicted molar refractivity (Wildman–Crippen MR) is 213 cm³/mol. The highest BCUT2D eigenvalue weighted by Gasteiger charge is 2.38. The molecule has 238 valence electrons. The van der Waals surface area contributed by atoms with Gasteiger partial charge in [0.1, 0.15) is 0 Å². The molecule has 0 unspecified atom stereocenters. The van der Waals surface area contributed by atoms with Crippen molar-refractivity contribution in [3.63, 3.8) is 0 Å². The minimum Gasteiger partial charge on any atom is -0.0619 e. The summed E-state index contributed by atoms with van der Waals surface area (Å²) in [6.07, 6.45) is 0. The van der Waals surface area contributed by atoms with Crippen molar-refractivity contribution >= 4 is 21.5 Å². The number of hydrogen-bond donors (Lipinski definition) is 0. The molecule has 0 spiro atoms. The first-order chi connectivity index (χ1) is 24.3. The maximum Gasteiger partial charge on any atom is 0.0159 e. The van der Waals surface area contributed by atoms with Crippen LogP contribution < -0.4 is 0 Å². The van der Waals surface area contributed by atoms with E-state index in [2.05, 4.69) is 185 Å². The third kappa shape index (κ3) is 4.06. The molecule has 0 aromatic heterocycles. The zero-order valence-electron chi connectivity index (χ0n) is 29.0. The van der Waals surface area contributed by atoms with Gasteiger partial charge in [0.15, 0.2) is 0 Å². The summed E-state index contributed by atoms with van der Waals surface area (Å²) >= 11 is 0. The van der Waals surface area contributed by atoms with Crippen molar-refractivity contribution < 1.29 is 0 Å². The van der Waals surface area contributed by atoms with Gasteiger partial charge in [-0.3, -0.25) is 0 Å². The van der Waals surface area contributed by atoms with Crippen molar-refractivity contribution in [3.8, 4) is 55.6 Å². The Labute approximate surface area is 294 Å². The largest absolute Gasteiger partial charge is 0.0619 e. The van der Waals surface area contributed by atoms with E-state index in [-0.39, 0.29) is 10.8 Å². The van der Waals surface area contributed by atoms with E-state index < -0.39 is 0 Å². The normalized spacial score (nSPS) is 14.7. The summed E-state index contributed by atoms with van der Waals surface area (Å²) in [7, 11) is 0. The first-order valence-corrected chi connectivity index (χ1v) is 17.9. The molecule has 2 aliphatic rings. The molecule has 0 heteroatoms. The van der Waals surface area contributed by atoms with Crippen molar-refractivity contribution in [2.24, 2.45) is 0 Å². The molecule has 0 N–H and O–H groups in total. The van der Waals surface area contributed by atoms with Gasteiger partial charge in [-0.05, 0) is 124 Å². The summed E-state index contributed by atoms with van der Waals surface area (Å²) in [6, 6.07) is 59.4. The van der Waals surface area contributed by atoms with E-state index in [0.29, 0.717) is 0 Å². The first-order valence-electron chi connectivity index (χ1n) is 17.9. The van der Waals surface area contributed by atoms with Crippen LogP contribution in [0.3, 0.4) is 0 Å². The fourth-order valence-corrected chi connectivity index (χ4v) is 9.28. The zero-order valence-corrected chi connectivity index (χ0v) is 29.0. The molecule has 0 nitrogen and oxygen atoms in total. The van der Waals surface area contributed by atoms with E-state index >= 15 is 0 Å². The SMILES string of the molecule is CC1(C)c2ccccc2-c2c(-c3cc(-c4ccc5ccc6ccccc6c5c4)cc(-c4cccc5c4-c4ccccc4C5(C)C)c3)cccc21. The summed E-state index contributed by atoms with van der Waals surface area (Å²) < 4.78 is 0. The Morgan fingerprint density at radius 3 is 1.34 bits per heavy atom. The lowest BCUT2D eigenvalue weighted by molar-refractivity contribution is 0.660. The Hall–Kier alpha value is -5.72. The molecule has 0 fully saturated rings. The van der Waals surface area contributed by atoms with Crippen molar-refractivity contribution in [1.29, 1.82) is 0 Å². The van der Waals surface area contributed by atoms with E-state index in [1.165, 1.54) is 99.4 Å². The quantitative estimate of drug-likeness (QED) is 0.169. The van der Waals surface area contributed by atoms with Gasteiger partial charge in [-0.25, -0.2) is 0 Å². The van der Waals surface area contributed by atoms with Crippen molar-refractivity contribution in [3.05, 3.63) is 180 Å². The van der Waals surface area contributed by atoms with Crippen LogP contribution in [-0.2, 0) is 10.8 Å². The fourth-order valence-electron chi connectivity index (χ4n) is 9.28. The van der Waals surface area contributed by atoms with Gasteiger partial charge in [0.05, 0.1) is 0 Å². The lowest BCUT2D eigenvalue weighted by Crippen LogP contribution is -2.14. The first kappa shape index (κ1) is 29.2. The molecule has 10 rings (SSSR count). The summed E-state index contributed by atoms with van der Waals surface area (Å²) in [6.45, 7) is 9.48. The van der Waals surface area contributed by atoms with Gasteiger partial charge in [-0.15, -0.1) is 0 Å². The Bertz CT molecular complexity index is 2570. The van der Waals surface area contributed by atoms with Crippen LogP contribution in [0.2, 0.25) is 0 Å². The maximum atomic E-state index is 2.45. The van der Waals surface area contributed by atoms with Gasteiger partial charge in [-0.1, -0.05) is 161 Å². The molecule has 50 heavy (non-hydrogen) atoms. The molecule has 0 saturated heterocycles. The van der Waals surface area contributed by atoms with Gasteiger partial charge in [0.2, 0.25) is 0 Å². The molecule has 0 heterocycles. The molecule has 8 aromatic carbocycles. The van der Waals surface area contributed by atoms with Crippen LogP contribution in [-0.4, -0.2) is 0 Å². The van der Waals surface area contributed by atoms with Crippen LogP contribution in [0.1, 0.15) is 49.9 Å². The van der Waals surface area contributed by atoms with Crippen LogP contribution in [0.25, 0.3) is 77.2 Å². The number of benzene rings is 8. The van der Waals surface area contributed by atoms with Crippen molar-refractivity contribution in [2.75, 3.05) is 0 Å². The average molecular weight is 639 g/mol. The Kier molecular flexibility index (Phi) is 6.07. The third-order valence-electron chi connectivity index (χ3n) is 11.9. The number of hydrogen-bond acceptors (Lipinski definition) is 0. The number of fused-ring (bicyclic) bond motifs is 9. The van der Waals surface area contributed by atoms with Crippen LogP contribution in [0.5, 0.6) is 0 Å². The second-order valence-corrected chi connectivity index (χ2v) is 15.3. The monoisotopic (exact) mass is 638 g/mol. The average Bonchev–Trinajstić information content (AvgIpc) is 3.54. The van der Waals surface area contributed by atoms with Crippen LogP contribution in [0, 0.1) is 0 Å². The third-order valence-corrected chi connectivity index (χ3v) is 11.9. The molecule has 8 aromatic rings. The van der Waals surface area contributed by atoms with Gasteiger partial charge in [0.25, 0.3) is 0 Å². The second-order valence-electron chi connectivity index (χ2n) is 15.3. The second kappa shape index (κ2) is 10.4. The van der Waals surface area contributed by atoms with E-state index in [0.717, 1.165) is 0 Å². The minimum atomic E-state index is -0.0582. The number of rotatable bonds is 3. The molecule has 0 radical (unpaired) electrons. The summed E-state index contributed by atoms with van der Waals surface area (Å²) in [4.78, 5) is 0. The smallest absolute Gasteiger partial charge is 0.0159 e. The predicted octanol–water partition coefficient (Wildman–Crippen LogP) is 13.6. The standard InChI is InChI=1S/C50H38/c1-49(2)43-19-9-7-15-40(43)47-38(17-11-21-45(47)49)35-27-34(33-26-25-32-24-23-31-13-5-6-14-37(31)42(32)30-33)28-36(29-35)39-18-12-22-46-48(39)41-16-8-10-20-44(41)50(46,3)4/h5-30H,1-4H3. The van der Waals surface area contributed by atoms with Gasteiger partial charge < -0.3 is 0 Å². The molecule has 0 amide bonds. The lowest BCUT2D eigenvalue weighted by Gasteiger charge is -2.22. The Balaban J connectivity index is 1.27. The molecule has 0 saturated carbocycles. The van der Waals surface area contributed by atoms with E-state index in [9.17, 15) is 0 Å². The topological polar surface area (TPSA) is 0 Å². The Morgan fingerprint density at radius 2 is 0.740 bits per heavy atom. The minimum absolute atomic E-state index is 0.0582. The molecule has 0 atom stereocenters. The lowest BCUT2D eigenvalue weighted by atomic mass is 9.81. The van der Waals surface area contributed by atoms with Crippen molar-refractivity contribution in [1.82, 2.24) is 0 Å². The molecule has 0 aliphatic heterocycles. The van der Waals surface area contributed by atoms with Crippen LogP contribution in [0.15, 0.2) is 158 Å². The van der Waals surface area contributed by atoms with Crippen molar-refractivity contribution in [2.45, 2.75) is 38.5 Å². The van der Waals surface area contributed by atoms with Gasteiger partial charge >= 0.3 is 0 Å². The van der Waals surface area contributed by atoms with E-state index in [1.54, 1.807) is 0 Å². The highest BCUT2D eigenvalue weighted by molar-refractivity contribution is 6.09. The van der Waals surface area contributed by atoms with Crippen LogP contribution >= 0.6 is 0 Å². The van der Waals surface area contributed by atoms with Crippen LogP contribution in [0.4, 0.5) is 0 Å².